The minimum absolute atomic E-state index is 0.198. The zero-order valence-electron chi connectivity index (χ0n) is 14.7. The molecule has 0 aliphatic carbocycles. The lowest BCUT2D eigenvalue weighted by molar-refractivity contribution is -0.384. The van der Waals surface area contributed by atoms with Crippen molar-refractivity contribution in [1.29, 1.82) is 0 Å². The second-order valence-electron chi connectivity index (χ2n) is 5.41. The molecule has 0 atom stereocenters. The number of anilines is 1. The summed E-state index contributed by atoms with van der Waals surface area (Å²) in [6.45, 7) is -0.276. The van der Waals surface area contributed by atoms with Crippen LogP contribution in [0, 0.1) is 10.1 Å². The summed E-state index contributed by atoms with van der Waals surface area (Å²) in [7, 11) is 1.23. The number of methoxy groups -OCH3 is 1. The Labute approximate surface area is 170 Å². The predicted molar refractivity (Wildman–Crippen MR) is 101 cm³/mol. The summed E-state index contributed by atoms with van der Waals surface area (Å²) in [6.07, 6.45) is -3.40. The van der Waals surface area contributed by atoms with E-state index in [2.05, 4.69) is 31.2 Å². The molecule has 0 aromatic heterocycles. The third-order valence-electron chi connectivity index (χ3n) is 3.45. The van der Waals surface area contributed by atoms with Gasteiger partial charge in [-0.2, -0.15) is 18.3 Å². The van der Waals surface area contributed by atoms with Crippen molar-refractivity contribution in [3.63, 3.8) is 0 Å². The maximum absolute atomic E-state index is 12.7. The number of esters is 1. The lowest BCUT2D eigenvalue weighted by atomic mass is 10.1. The first-order chi connectivity index (χ1) is 13.6. The van der Waals surface area contributed by atoms with E-state index in [9.17, 15) is 28.1 Å². The van der Waals surface area contributed by atoms with Crippen LogP contribution in [0.25, 0.3) is 0 Å². The molecule has 0 unspecified atom stereocenters. The summed E-state index contributed by atoms with van der Waals surface area (Å²) in [5.41, 5.74) is 0.810. The number of carbonyl (C=O) groups is 1. The third-order valence-corrected chi connectivity index (χ3v) is 4.07. The molecule has 2 rings (SSSR count). The highest BCUT2D eigenvalue weighted by Crippen LogP contribution is 2.35. The Balaban J connectivity index is 2.12. The SMILES string of the molecule is COC(=O)COc1ccc(/C=N\Nc2ccc(C(F)(F)F)cc2[N+](=O)[O-])cc1Br. The predicted octanol–water partition coefficient (Wildman–Crippen LogP) is 4.37. The zero-order chi connectivity index (χ0) is 21.6. The standard InChI is InChI=1S/C17H13BrF3N3O5/c1-28-16(25)9-29-15-5-2-10(6-12(15)18)8-22-23-13-4-3-11(17(19,20)21)7-14(13)24(26)27/h2-8,23H,9H2,1H3/b22-8-. The molecule has 0 saturated heterocycles. The molecule has 0 amide bonds. The number of hydrazone groups is 1. The molecule has 0 radical (unpaired) electrons. The molecule has 0 bridgehead atoms. The topological polar surface area (TPSA) is 103 Å². The van der Waals surface area contributed by atoms with Crippen LogP contribution >= 0.6 is 15.9 Å². The first kappa shape index (κ1) is 22.1. The molecular weight excluding hydrogens is 463 g/mol. The number of alkyl halides is 3. The van der Waals surface area contributed by atoms with Crippen LogP contribution in [0.3, 0.4) is 0 Å². The number of nitro groups is 1. The average Bonchev–Trinajstić information content (AvgIpc) is 2.66. The molecule has 154 valence electrons. The summed E-state index contributed by atoms with van der Waals surface area (Å²) < 4.78 is 48.4. The molecule has 2 aromatic rings. The highest BCUT2D eigenvalue weighted by Gasteiger charge is 2.33. The number of nitrogens with zero attached hydrogens (tertiary/aromatic N) is 2. The van der Waals surface area contributed by atoms with Gasteiger partial charge in [0.05, 0.1) is 28.3 Å². The molecule has 12 heteroatoms. The fourth-order valence-electron chi connectivity index (χ4n) is 2.04. The van der Waals surface area contributed by atoms with E-state index in [0.29, 0.717) is 21.9 Å². The maximum Gasteiger partial charge on any atom is 0.416 e. The Morgan fingerprint density at radius 1 is 1.31 bits per heavy atom. The Morgan fingerprint density at radius 3 is 2.62 bits per heavy atom. The van der Waals surface area contributed by atoms with E-state index in [-0.39, 0.29) is 12.3 Å². The van der Waals surface area contributed by atoms with Crippen LogP contribution in [-0.4, -0.2) is 30.8 Å². The maximum atomic E-state index is 12.7. The number of hydrogen-bond donors (Lipinski definition) is 1. The smallest absolute Gasteiger partial charge is 0.416 e. The number of carbonyl (C=O) groups excluding carboxylic acids is 1. The number of nitrogens with one attached hydrogen (secondary N) is 1. The van der Waals surface area contributed by atoms with Gasteiger partial charge in [-0.15, -0.1) is 0 Å². The molecule has 0 aliphatic rings. The Hall–Kier alpha value is -3.15. The minimum Gasteiger partial charge on any atom is -0.481 e. The summed E-state index contributed by atoms with van der Waals surface area (Å²) in [4.78, 5) is 21.2. The van der Waals surface area contributed by atoms with Gasteiger partial charge >= 0.3 is 12.1 Å². The van der Waals surface area contributed by atoms with Gasteiger partial charge in [0.2, 0.25) is 0 Å². The molecule has 1 N–H and O–H groups in total. The fraction of sp³-hybridized carbons (Fsp3) is 0.176. The normalized spacial score (nSPS) is 11.3. The second kappa shape index (κ2) is 9.37. The first-order valence-electron chi connectivity index (χ1n) is 7.75. The summed E-state index contributed by atoms with van der Waals surface area (Å²) in [6, 6.07) is 6.81. The highest BCUT2D eigenvalue weighted by atomic mass is 79.9. The van der Waals surface area contributed by atoms with Crippen LogP contribution in [-0.2, 0) is 15.7 Å². The molecule has 0 spiro atoms. The van der Waals surface area contributed by atoms with Crippen molar-refractivity contribution in [2.45, 2.75) is 6.18 Å². The summed E-state index contributed by atoms with van der Waals surface area (Å²) in [5, 5.41) is 14.8. The van der Waals surface area contributed by atoms with E-state index < -0.39 is 28.3 Å². The van der Waals surface area contributed by atoms with E-state index >= 15 is 0 Å². The van der Waals surface area contributed by atoms with Gasteiger partial charge < -0.3 is 9.47 Å². The van der Waals surface area contributed by atoms with Gasteiger partial charge in [-0.25, -0.2) is 4.79 Å². The Bertz CT molecular complexity index is 950. The van der Waals surface area contributed by atoms with Crippen molar-refractivity contribution in [3.05, 3.63) is 62.1 Å². The monoisotopic (exact) mass is 475 g/mol. The van der Waals surface area contributed by atoms with E-state index in [1.165, 1.54) is 13.3 Å². The van der Waals surface area contributed by atoms with Crippen molar-refractivity contribution in [1.82, 2.24) is 0 Å². The average molecular weight is 476 g/mol. The van der Waals surface area contributed by atoms with Gasteiger partial charge in [-0.1, -0.05) is 0 Å². The zero-order valence-corrected chi connectivity index (χ0v) is 16.3. The Morgan fingerprint density at radius 2 is 2.03 bits per heavy atom. The van der Waals surface area contributed by atoms with Crippen LogP contribution in [0.4, 0.5) is 24.5 Å². The third kappa shape index (κ3) is 6.17. The van der Waals surface area contributed by atoms with Gasteiger partial charge in [0, 0.05) is 6.07 Å². The fourth-order valence-corrected chi connectivity index (χ4v) is 2.55. The number of ether oxygens (including phenoxy) is 2. The molecule has 0 aliphatic heterocycles. The van der Waals surface area contributed by atoms with E-state index in [1.54, 1.807) is 18.2 Å². The molecule has 0 heterocycles. The number of nitro benzene ring substituents is 1. The van der Waals surface area contributed by atoms with Crippen LogP contribution in [0.2, 0.25) is 0 Å². The van der Waals surface area contributed by atoms with Gasteiger partial charge in [0.1, 0.15) is 11.4 Å². The van der Waals surface area contributed by atoms with Crippen LogP contribution in [0.15, 0.2) is 46.0 Å². The van der Waals surface area contributed by atoms with E-state index in [1.807, 2.05) is 0 Å². The highest BCUT2D eigenvalue weighted by molar-refractivity contribution is 9.10. The quantitative estimate of drug-likeness (QED) is 0.276. The second-order valence-corrected chi connectivity index (χ2v) is 6.27. The van der Waals surface area contributed by atoms with Gasteiger partial charge in [0.15, 0.2) is 6.61 Å². The van der Waals surface area contributed by atoms with E-state index in [0.717, 1.165) is 12.1 Å². The van der Waals surface area contributed by atoms with Crippen molar-refractivity contribution in [2.75, 3.05) is 19.1 Å². The van der Waals surface area contributed by atoms with Crippen LogP contribution in [0.1, 0.15) is 11.1 Å². The molecule has 29 heavy (non-hydrogen) atoms. The molecule has 8 nitrogen and oxygen atoms in total. The van der Waals surface area contributed by atoms with Crippen molar-refractivity contribution < 1.29 is 32.4 Å². The largest absolute Gasteiger partial charge is 0.481 e. The Kier molecular flexibility index (Phi) is 7.15. The molecule has 0 fully saturated rings. The number of hydrogen-bond acceptors (Lipinski definition) is 7. The van der Waals surface area contributed by atoms with Gasteiger partial charge in [-0.05, 0) is 51.8 Å². The number of rotatable bonds is 7. The minimum atomic E-state index is -4.70. The molecule has 2 aromatic carbocycles. The summed E-state index contributed by atoms with van der Waals surface area (Å²) >= 11 is 3.26. The number of halogens is 4. The summed E-state index contributed by atoms with van der Waals surface area (Å²) in [5.74, 6) is -0.177. The number of benzene rings is 2. The lowest BCUT2D eigenvalue weighted by Crippen LogP contribution is -2.12. The van der Waals surface area contributed by atoms with Crippen molar-refractivity contribution in [2.24, 2.45) is 5.10 Å². The van der Waals surface area contributed by atoms with Crippen LogP contribution < -0.4 is 10.2 Å². The first-order valence-corrected chi connectivity index (χ1v) is 8.55. The van der Waals surface area contributed by atoms with Crippen LogP contribution in [0.5, 0.6) is 5.75 Å². The lowest BCUT2D eigenvalue weighted by Gasteiger charge is -2.08. The van der Waals surface area contributed by atoms with Crippen molar-refractivity contribution in [3.8, 4) is 5.75 Å². The molecule has 0 saturated carbocycles. The molecular formula is C17H13BrF3N3O5. The van der Waals surface area contributed by atoms with Gasteiger partial charge in [0.25, 0.3) is 5.69 Å². The van der Waals surface area contributed by atoms with Gasteiger partial charge in [-0.3, -0.25) is 15.5 Å². The van der Waals surface area contributed by atoms with Crippen molar-refractivity contribution >= 4 is 39.5 Å². The van der Waals surface area contributed by atoms with E-state index in [4.69, 9.17) is 4.74 Å².